The molecule has 0 bridgehead atoms. The van der Waals surface area contributed by atoms with Gasteiger partial charge in [0.15, 0.2) is 0 Å². The first-order valence-corrected chi connectivity index (χ1v) is 7.95. The van der Waals surface area contributed by atoms with Crippen LogP contribution in [-0.2, 0) is 6.54 Å². The van der Waals surface area contributed by atoms with Crippen LogP contribution in [0.25, 0.3) is 0 Å². The molecule has 1 atom stereocenters. The summed E-state index contributed by atoms with van der Waals surface area (Å²) in [5, 5.41) is 8.78. The van der Waals surface area contributed by atoms with E-state index >= 15 is 0 Å². The van der Waals surface area contributed by atoms with Gasteiger partial charge in [0.05, 0.1) is 6.61 Å². The van der Waals surface area contributed by atoms with Crippen LogP contribution in [0.15, 0.2) is 24.3 Å². The molecule has 0 fully saturated rings. The van der Waals surface area contributed by atoms with Gasteiger partial charge in [0.25, 0.3) is 0 Å². The highest BCUT2D eigenvalue weighted by atomic mass is 32.2. The number of aliphatic hydroxyl groups is 1. The highest BCUT2D eigenvalue weighted by molar-refractivity contribution is 7.98. The molecule has 1 unspecified atom stereocenters. The van der Waals surface area contributed by atoms with Crippen LogP contribution in [0.1, 0.15) is 24.5 Å². The molecule has 0 amide bonds. The molecule has 0 aromatic heterocycles. The number of benzene rings is 1. The fourth-order valence-electron chi connectivity index (χ4n) is 1.79. The average molecular weight is 277 g/mol. The van der Waals surface area contributed by atoms with Crippen molar-refractivity contribution in [2.45, 2.75) is 25.9 Å². The van der Waals surface area contributed by atoms with Gasteiger partial charge in [0.1, 0.15) is 0 Å². The summed E-state index contributed by atoms with van der Waals surface area (Å²) in [4.78, 5) is 2.35. The fraction of sp³-hybridized carbons (Fsp3) is 0.500. The van der Waals surface area contributed by atoms with Crippen molar-refractivity contribution in [2.75, 3.05) is 25.7 Å². The molecule has 0 saturated carbocycles. The van der Waals surface area contributed by atoms with Gasteiger partial charge in [0, 0.05) is 30.3 Å². The molecule has 19 heavy (non-hydrogen) atoms. The minimum Gasteiger partial charge on any atom is -0.395 e. The fourth-order valence-corrected chi connectivity index (χ4v) is 2.52. The zero-order valence-corrected chi connectivity index (χ0v) is 12.8. The predicted molar refractivity (Wildman–Crippen MR) is 84.3 cm³/mol. The molecule has 2 nitrogen and oxygen atoms in total. The van der Waals surface area contributed by atoms with Crippen LogP contribution < -0.4 is 0 Å². The molecule has 1 aromatic carbocycles. The number of thioether (sulfide) groups is 1. The van der Waals surface area contributed by atoms with Gasteiger partial charge in [-0.15, -0.1) is 0 Å². The van der Waals surface area contributed by atoms with Gasteiger partial charge < -0.3 is 5.11 Å². The average Bonchev–Trinajstić information content (AvgIpc) is 2.41. The first-order chi connectivity index (χ1) is 9.19. The van der Waals surface area contributed by atoms with E-state index in [2.05, 4.69) is 49.1 Å². The van der Waals surface area contributed by atoms with Gasteiger partial charge >= 0.3 is 0 Å². The van der Waals surface area contributed by atoms with E-state index in [1.807, 2.05) is 23.9 Å². The second kappa shape index (κ2) is 9.03. The largest absolute Gasteiger partial charge is 0.395 e. The minimum atomic E-state index is 0.125. The Hall–Kier alpha value is -0.950. The summed E-state index contributed by atoms with van der Waals surface area (Å²) in [5.41, 5.74) is 2.32. The van der Waals surface area contributed by atoms with Gasteiger partial charge in [-0.25, -0.2) is 0 Å². The lowest BCUT2D eigenvalue weighted by Gasteiger charge is -2.24. The Kier molecular flexibility index (Phi) is 7.66. The molecule has 0 radical (unpaired) electrons. The van der Waals surface area contributed by atoms with E-state index in [1.54, 1.807) is 0 Å². The predicted octanol–water partition coefficient (Wildman–Crippen LogP) is 2.60. The molecular formula is C16H23NOS. The van der Waals surface area contributed by atoms with Gasteiger partial charge in [-0.1, -0.05) is 30.0 Å². The molecule has 0 aliphatic rings. The second-order valence-corrected chi connectivity index (χ2v) is 5.56. The topological polar surface area (TPSA) is 23.5 Å². The van der Waals surface area contributed by atoms with Crippen LogP contribution >= 0.6 is 11.8 Å². The van der Waals surface area contributed by atoms with Crippen LogP contribution in [0.4, 0.5) is 0 Å². The maximum absolute atomic E-state index is 8.78. The third-order valence-electron chi connectivity index (χ3n) is 3.06. The highest BCUT2D eigenvalue weighted by Crippen LogP contribution is 2.13. The number of rotatable bonds is 6. The van der Waals surface area contributed by atoms with E-state index in [9.17, 15) is 0 Å². The van der Waals surface area contributed by atoms with Gasteiger partial charge in [-0.2, -0.15) is 11.8 Å². The Morgan fingerprint density at radius 2 is 2.11 bits per heavy atom. The van der Waals surface area contributed by atoms with Crippen molar-refractivity contribution in [3.05, 3.63) is 35.4 Å². The zero-order valence-electron chi connectivity index (χ0n) is 12.0. The van der Waals surface area contributed by atoms with Crippen molar-refractivity contribution in [3.63, 3.8) is 0 Å². The van der Waals surface area contributed by atoms with Crippen molar-refractivity contribution in [1.82, 2.24) is 4.90 Å². The first kappa shape index (κ1) is 16.1. The third kappa shape index (κ3) is 5.69. The van der Waals surface area contributed by atoms with E-state index < -0.39 is 0 Å². The van der Waals surface area contributed by atoms with Gasteiger partial charge in [-0.05, 0) is 31.9 Å². The molecule has 0 saturated heterocycles. The molecule has 1 N–H and O–H groups in total. The van der Waals surface area contributed by atoms with Crippen LogP contribution in [0.5, 0.6) is 0 Å². The van der Waals surface area contributed by atoms with Crippen LogP contribution in [0.3, 0.4) is 0 Å². The molecule has 1 rings (SSSR count). The summed E-state index contributed by atoms with van der Waals surface area (Å²) < 4.78 is 0. The Morgan fingerprint density at radius 3 is 2.79 bits per heavy atom. The molecule has 0 aliphatic carbocycles. The highest BCUT2D eigenvalue weighted by Gasteiger charge is 2.10. The monoisotopic (exact) mass is 277 g/mol. The molecular weight excluding hydrogens is 254 g/mol. The normalized spacial score (nSPS) is 12.1. The van der Waals surface area contributed by atoms with Crippen molar-refractivity contribution in [3.8, 4) is 11.8 Å². The van der Waals surface area contributed by atoms with Gasteiger partial charge in [-0.3, -0.25) is 4.90 Å². The summed E-state index contributed by atoms with van der Waals surface area (Å²) in [5.74, 6) is 7.28. The first-order valence-electron chi connectivity index (χ1n) is 6.55. The van der Waals surface area contributed by atoms with Crippen molar-refractivity contribution >= 4 is 11.8 Å². The summed E-state index contributed by atoms with van der Waals surface area (Å²) in [6.45, 7) is 3.28. The van der Waals surface area contributed by atoms with Crippen molar-refractivity contribution in [1.29, 1.82) is 0 Å². The molecule has 0 heterocycles. The summed E-state index contributed by atoms with van der Waals surface area (Å²) in [6.07, 6.45) is 2.67. The number of nitrogens with zero attached hydrogens (tertiary/aromatic N) is 1. The van der Waals surface area contributed by atoms with Crippen LogP contribution in [0, 0.1) is 11.8 Å². The standard InChI is InChI=1S/C16H23NOS/c1-14(13-19-3)17(2)12-16-10-5-4-8-15(16)9-6-7-11-18/h4-5,8,10,14,18H,7,11-13H2,1-3H3. The number of hydrogen-bond donors (Lipinski definition) is 1. The Balaban J connectivity index is 2.75. The maximum atomic E-state index is 8.78. The molecule has 0 aliphatic heterocycles. The van der Waals surface area contributed by atoms with Crippen LogP contribution in [-0.4, -0.2) is 41.7 Å². The lowest BCUT2D eigenvalue weighted by molar-refractivity contribution is 0.269. The summed E-state index contributed by atoms with van der Waals surface area (Å²) in [6, 6.07) is 8.80. The van der Waals surface area contributed by atoms with Crippen LogP contribution in [0.2, 0.25) is 0 Å². The number of aliphatic hydroxyl groups excluding tert-OH is 1. The van der Waals surface area contributed by atoms with E-state index in [1.165, 1.54) is 5.56 Å². The molecule has 104 valence electrons. The Bertz CT molecular complexity index is 436. The van der Waals surface area contributed by atoms with Gasteiger partial charge in [0.2, 0.25) is 0 Å². The Labute approximate surface area is 121 Å². The second-order valence-electron chi connectivity index (χ2n) is 4.65. The van der Waals surface area contributed by atoms with E-state index in [0.29, 0.717) is 12.5 Å². The molecule has 0 spiro atoms. The van der Waals surface area contributed by atoms with E-state index in [-0.39, 0.29) is 6.61 Å². The summed E-state index contributed by atoms with van der Waals surface area (Å²) in [7, 11) is 2.15. The van der Waals surface area contributed by atoms with Crippen molar-refractivity contribution in [2.24, 2.45) is 0 Å². The summed E-state index contributed by atoms with van der Waals surface area (Å²) >= 11 is 1.87. The molecule has 1 aromatic rings. The number of hydrogen-bond acceptors (Lipinski definition) is 3. The smallest absolute Gasteiger partial charge is 0.0540 e. The maximum Gasteiger partial charge on any atom is 0.0540 e. The Morgan fingerprint density at radius 1 is 1.37 bits per heavy atom. The quantitative estimate of drug-likeness (QED) is 0.809. The van der Waals surface area contributed by atoms with E-state index in [4.69, 9.17) is 5.11 Å². The van der Waals surface area contributed by atoms with Crippen molar-refractivity contribution < 1.29 is 5.11 Å². The lowest BCUT2D eigenvalue weighted by atomic mass is 10.1. The SMILES string of the molecule is CSCC(C)N(C)Cc1ccccc1C#CCCO. The minimum absolute atomic E-state index is 0.125. The third-order valence-corrected chi connectivity index (χ3v) is 3.87. The molecule has 3 heteroatoms. The lowest BCUT2D eigenvalue weighted by Crippen LogP contribution is -2.30. The zero-order chi connectivity index (χ0) is 14.1. The van der Waals surface area contributed by atoms with E-state index in [0.717, 1.165) is 17.9 Å².